The lowest BCUT2D eigenvalue weighted by molar-refractivity contribution is -0.134. The molecule has 0 radical (unpaired) electrons. The molecule has 0 saturated heterocycles. The van der Waals surface area contributed by atoms with Gasteiger partial charge in [0.25, 0.3) is 0 Å². The SMILES string of the molecule is COCCCN(C(=O)C1CC1)C(C)C(=O)c1c(C)[nH]c(C(=O)OC)c1C. The van der Waals surface area contributed by atoms with Gasteiger partial charge in [0.15, 0.2) is 5.78 Å². The Labute approximate surface area is 154 Å². The molecule has 0 aromatic carbocycles. The van der Waals surface area contributed by atoms with E-state index in [4.69, 9.17) is 9.47 Å². The van der Waals surface area contributed by atoms with E-state index in [0.717, 1.165) is 12.8 Å². The molecule has 1 aliphatic carbocycles. The van der Waals surface area contributed by atoms with Crippen molar-refractivity contribution in [1.82, 2.24) is 9.88 Å². The van der Waals surface area contributed by atoms with Crippen LogP contribution >= 0.6 is 0 Å². The van der Waals surface area contributed by atoms with Crippen LogP contribution in [-0.4, -0.2) is 61.0 Å². The van der Waals surface area contributed by atoms with Crippen molar-refractivity contribution in [3.05, 3.63) is 22.5 Å². The van der Waals surface area contributed by atoms with E-state index in [9.17, 15) is 14.4 Å². The Kier molecular flexibility index (Phi) is 6.58. The van der Waals surface area contributed by atoms with Gasteiger partial charge < -0.3 is 19.4 Å². The number of nitrogens with zero attached hydrogens (tertiary/aromatic N) is 1. The van der Waals surface area contributed by atoms with Crippen molar-refractivity contribution in [3.63, 3.8) is 0 Å². The first kappa shape index (κ1) is 20.2. The van der Waals surface area contributed by atoms with Gasteiger partial charge in [0.05, 0.1) is 13.2 Å². The van der Waals surface area contributed by atoms with Crippen molar-refractivity contribution < 1.29 is 23.9 Å². The molecule has 1 amide bonds. The number of Topliss-reactive ketones (excluding diaryl/α,β-unsaturated/α-hetero) is 1. The zero-order valence-corrected chi connectivity index (χ0v) is 16.2. The lowest BCUT2D eigenvalue weighted by Gasteiger charge is -2.29. The molecule has 2 rings (SSSR count). The van der Waals surface area contributed by atoms with Gasteiger partial charge in [-0.25, -0.2) is 4.79 Å². The molecule has 1 saturated carbocycles. The highest BCUT2D eigenvalue weighted by molar-refractivity contribution is 6.06. The number of ether oxygens (including phenoxy) is 2. The molecule has 1 N–H and O–H groups in total. The first-order chi connectivity index (χ1) is 12.3. The third-order valence-corrected chi connectivity index (χ3v) is 4.88. The largest absolute Gasteiger partial charge is 0.464 e. The first-order valence-electron chi connectivity index (χ1n) is 8.94. The van der Waals surface area contributed by atoms with E-state index in [1.54, 1.807) is 32.8 Å². The molecule has 1 aliphatic rings. The van der Waals surface area contributed by atoms with E-state index in [1.807, 2.05) is 0 Å². The summed E-state index contributed by atoms with van der Waals surface area (Å²) < 4.78 is 9.83. The third kappa shape index (κ3) is 4.15. The molecule has 0 bridgehead atoms. The number of ketones is 1. The standard InChI is InChI=1S/C19H28N2O5/c1-11-15(12(2)20-16(11)19(24)26-5)17(22)13(3)21(9-6-10-25-4)18(23)14-7-8-14/h13-14,20H,6-10H2,1-5H3. The lowest BCUT2D eigenvalue weighted by atomic mass is 9.99. The van der Waals surface area contributed by atoms with Crippen LogP contribution in [0.4, 0.5) is 0 Å². The average molecular weight is 364 g/mol. The fourth-order valence-electron chi connectivity index (χ4n) is 3.21. The van der Waals surface area contributed by atoms with Gasteiger partial charge in [0.2, 0.25) is 5.91 Å². The van der Waals surface area contributed by atoms with E-state index < -0.39 is 12.0 Å². The number of rotatable bonds is 9. The van der Waals surface area contributed by atoms with Gasteiger partial charge in [0.1, 0.15) is 5.69 Å². The fraction of sp³-hybridized carbons (Fsp3) is 0.632. The number of hydrogen-bond acceptors (Lipinski definition) is 5. The van der Waals surface area contributed by atoms with Crippen molar-refractivity contribution in [3.8, 4) is 0 Å². The van der Waals surface area contributed by atoms with Gasteiger partial charge >= 0.3 is 5.97 Å². The lowest BCUT2D eigenvalue weighted by Crippen LogP contribution is -2.45. The molecule has 7 heteroatoms. The number of aromatic nitrogens is 1. The summed E-state index contributed by atoms with van der Waals surface area (Å²) in [6, 6.07) is -0.598. The summed E-state index contributed by atoms with van der Waals surface area (Å²) in [6.45, 7) is 6.22. The number of aromatic amines is 1. The van der Waals surface area contributed by atoms with E-state index in [1.165, 1.54) is 7.11 Å². The fourth-order valence-corrected chi connectivity index (χ4v) is 3.21. The minimum atomic E-state index is -0.598. The van der Waals surface area contributed by atoms with Gasteiger partial charge in [0, 0.05) is 37.4 Å². The molecular formula is C19H28N2O5. The maximum Gasteiger partial charge on any atom is 0.354 e. The second kappa shape index (κ2) is 8.49. The van der Waals surface area contributed by atoms with Crippen LogP contribution in [0, 0.1) is 19.8 Å². The van der Waals surface area contributed by atoms with Crippen molar-refractivity contribution in [2.24, 2.45) is 5.92 Å². The zero-order chi connectivity index (χ0) is 19.4. The van der Waals surface area contributed by atoms with Crippen molar-refractivity contribution >= 4 is 17.7 Å². The zero-order valence-electron chi connectivity index (χ0n) is 16.2. The molecule has 0 spiro atoms. The number of carbonyl (C=O) groups excluding carboxylic acids is 3. The number of esters is 1. The van der Waals surface area contributed by atoms with Crippen LogP contribution < -0.4 is 0 Å². The highest BCUT2D eigenvalue weighted by atomic mass is 16.5. The van der Waals surface area contributed by atoms with E-state index in [2.05, 4.69) is 4.98 Å². The van der Waals surface area contributed by atoms with Crippen LogP contribution in [0.1, 0.15) is 58.3 Å². The monoisotopic (exact) mass is 364 g/mol. The predicted octanol–water partition coefficient (Wildman–Crippen LogP) is 2.26. The quantitative estimate of drug-likeness (QED) is 0.412. The molecule has 144 valence electrons. The minimum Gasteiger partial charge on any atom is -0.464 e. The van der Waals surface area contributed by atoms with Crippen LogP contribution in [0.25, 0.3) is 0 Å². The summed E-state index contributed by atoms with van der Waals surface area (Å²) >= 11 is 0. The molecule has 1 unspecified atom stereocenters. The average Bonchev–Trinajstić information content (AvgIpc) is 3.42. The van der Waals surface area contributed by atoms with Gasteiger partial charge in [-0.1, -0.05) is 0 Å². The number of hydrogen-bond donors (Lipinski definition) is 1. The molecule has 26 heavy (non-hydrogen) atoms. The van der Waals surface area contributed by atoms with Crippen molar-refractivity contribution in [1.29, 1.82) is 0 Å². The number of aryl methyl sites for hydroxylation is 1. The Balaban J connectivity index is 2.26. The Bertz CT molecular complexity index is 690. The van der Waals surface area contributed by atoms with Crippen molar-refractivity contribution in [2.45, 2.75) is 46.1 Å². The Morgan fingerprint density at radius 1 is 1.23 bits per heavy atom. The summed E-state index contributed by atoms with van der Waals surface area (Å²) in [5.74, 6) is -0.617. The van der Waals surface area contributed by atoms with Gasteiger partial charge in [-0.05, 0) is 45.6 Å². The minimum absolute atomic E-state index is 0.0287. The van der Waals surface area contributed by atoms with Gasteiger partial charge in [-0.3, -0.25) is 9.59 Å². The van der Waals surface area contributed by atoms with Crippen LogP contribution in [0.5, 0.6) is 0 Å². The van der Waals surface area contributed by atoms with Crippen LogP contribution in [0.15, 0.2) is 0 Å². The molecule has 1 atom stereocenters. The summed E-state index contributed by atoms with van der Waals surface area (Å²) in [6.07, 6.45) is 2.44. The third-order valence-electron chi connectivity index (χ3n) is 4.88. The molecule has 7 nitrogen and oxygen atoms in total. The molecule has 1 aromatic rings. The Hall–Kier alpha value is -2.15. The molecular weight excluding hydrogens is 336 g/mol. The Morgan fingerprint density at radius 3 is 2.42 bits per heavy atom. The number of carbonyl (C=O) groups is 3. The van der Waals surface area contributed by atoms with E-state index in [-0.39, 0.29) is 23.3 Å². The van der Waals surface area contributed by atoms with E-state index in [0.29, 0.717) is 36.4 Å². The summed E-state index contributed by atoms with van der Waals surface area (Å²) in [4.78, 5) is 42.2. The van der Waals surface area contributed by atoms with Crippen LogP contribution in [0.2, 0.25) is 0 Å². The number of nitrogens with one attached hydrogen (secondary N) is 1. The summed E-state index contributed by atoms with van der Waals surface area (Å²) in [5.41, 5.74) is 1.90. The number of amides is 1. The molecule has 1 fully saturated rings. The van der Waals surface area contributed by atoms with Gasteiger partial charge in [-0.2, -0.15) is 0 Å². The van der Waals surface area contributed by atoms with Gasteiger partial charge in [-0.15, -0.1) is 0 Å². The summed E-state index contributed by atoms with van der Waals surface area (Å²) in [5, 5.41) is 0. The maximum atomic E-state index is 13.1. The Morgan fingerprint density at radius 2 is 1.88 bits per heavy atom. The topological polar surface area (TPSA) is 88.7 Å². The molecule has 1 heterocycles. The highest BCUT2D eigenvalue weighted by Crippen LogP contribution is 2.32. The smallest absolute Gasteiger partial charge is 0.354 e. The second-order valence-corrected chi connectivity index (χ2v) is 6.81. The maximum absolute atomic E-state index is 13.1. The van der Waals surface area contributed by atoms with Crippen LogP contribution in [0.3, 0.4) is 0 Å². The van der Waals surface area contributed by atoms with Crippen LogP contribution in [-0.2, 0) is 14.3 Å². The second-order valence-electron chi connectivity index (χ2n) is 6.81. The number of H-pyrrole nitrogens is 1. The highest BCUT2D eigenvalue weighted by Gasteiger charge is 2.38. The first-order valence-corrected chi connectivity index (χ1v) is 8.94. The van der Waals surface area contributed by atoms with E-state index >= 15 is 0 Å². The molecule has 0 aliphatic heterocycles. The summed E-state index contributed by atoms with van der Waals surface area (Å²) in [7, 11) is 2.91. The number of methoxy groups -OCH3 is 2. The molecule has 1 aromatic heterocycles. The normalized spacial score (nSPS) is 14.8. The van der Waals surface area contributed by atoms with Crippen molar-refractivity contribution in [2.75, 3.05) is 27.4 Å². The predicted molar refractivity (Wildman–Crippen MR) is 96.3 cm³/mol.